The summed E-state index contributed by atoms with van der Waals surface area (Å²) in [4.78, 5) is 8.10. The minimum absolute atomic E-state index is 0.278. The largest absolute Gasteiger partial charge is 0.491 e. The molecule has 0 bridgehead atoms. The molecule has 17 heavy (non-hydrogen) atoms. The first-order chi connectivity index (χ1) is 8.15. The fourth-order valence-corrected chi connectivity index (χ4v) is 1.63. The summed E-state index contributed by atoms with van der Waals surface area (Å²) in [6.45, 7) is 0. The molecule has 2 aromatic rings. The van der Waals surface area contributed by atoms with Crippen LogP contribution in [0.15, 0.2) is 36.7 Å². The number of nitrogens with zero attached hydrogens (tertiary/aromatic N) is 2. The molecule has 2 N–H and O–H groups in total. The van der Waals surface area contributed by atoms with Crippen LogP contribution in [0.25, 0.3) is 0 Å². The van der Waals surface area contributed by atoms with Gasteiger partial charge < -0.3 is 10.0 Å². The van der Waals surface area contributed by atoms with E-state index in [1.54, 1.807) is 6.07 Å². The monoisotopic (exact) mass is 248 g/mol. The molecule has 0 radical (unpaired) electrons. The van der Waals surface area contributed by atoms with Crippen molar-refractivity contribution in [3.8, 4) is 0 Å². The van der Waals surface area contributed by atoms with Gasteiger partial charge in [-0.15, -0.1) is 0 Å². The van der Waals surface area contributed by atoms with Crippen LogP contribution in [0.5, 0.6) is 0 Å². The number of halogens is 1. The van der Waals surface area contributed by atoms with E-state index >= 15 is 0 Å². The average molecular weight is 248 g/mol. The molecule has 0 fully saturated rings. The van der Waals surface area contributed by atoms with Crippen LogP contribution in [-0.4, -0.2) is 27.1 Å². The zero-order valence-electron chi connectivity index (χ0n) is 8.92. The minimum atomic E-state index is -1.53. The van der Waals surface area contributed by atoms with Crippen molar-refractivity contribution in [2.24, 2.45) is 0 Å². The lowest BCUT2D eigenvalue weighted by molar-refractivity contribution is 0.425. The molecular formula is C11H10BClN2O2. The van der Waals surface area contributed by atoms with Gasteiger partial charge in [0, 0.05) is 29.3 Å². The molecule has 0 aliphatic rings. The summed E-state index contributed by atoms with van der Waals surface area (Å²) < 4.78 is 0. The fourth-order valence-electron chi connectivity index (χ4n) is 1.42. The van der Waals surface area contributed by atoms with Crippen molar-refractivity contribution in [3.63, 3.8) is 0 Å². The predicted octanol–water partition coefficient (Wildman–Crippen LogP) is 0.401. The van der Waals surface area contributed by atoms with Crippen molar-refractivity contribution in [3.05, 3.63) is 53.1 Å². The predicted molar refractivity (Wildman–Crippen MR) is 66.1 cm³/mol. The maximum atomic E-state index is 8.90. The van der Waals surface area contributed by atoms with E-state index in [-0.39, 0.29) is 5.46 Å². The van der Waals surface area contributed by atoms with Crippen LogP contribution in [0.4, 0.5) is 0 Å². The highest BCUT2D eigenvalue weighted by atomic mass is 35.5. The first kappa shape index (κ1) is 12.0. The van der Waals surface area contributed by atoms with Crippen molar-refractivity contribution < 1.29 is 10.0 Å². The molecule has 1 aromatic heterocycles. The summed E-state index contributed by atoms with van der Waals surface area (Å²) in [6.07, 6.45) is 3.36. The summed E-state index contributed by atoms with van der Waals surface area (Å²) in [6, 6.07) is 7.45. The number of rotatable bonds is 3. The molecule has 0 saturated heterocycles. The molecule has 0 amide bonds. The Morgan fingerprint density at radius 1 is 1.18 bits per heavy atom. The second-order valence-electron chi connectivity index (χ2n) is 3.61. The third kappa shape index (κ3) is 3.26. The Kier molecular flexibility index (Phi) is 3.73. The molecule has 0 unspecified atom stereocenters. The third-order valence-corrected chi connectivity index (χ3v) is 2.51. The highest BCUT2D eigenvalue weighted by Crippen LogP contribution is 2.12. The Hall–Kier alpha value is -1.43. The number of aromatic nitrogens is 2. The zero-order valence-corrected chi connectivity index (χ0v) is 9.67. The van der Waals surface area contributed by atoms with Crippen LogP contribution in [-0.2, 0) is 6.42 Å². The van der Waals surface area contributed by atoms with E-state index in [0.29, 0.717) is 17.3 Å². The van der Waals surface area contributed by atoms with E-state index in [2.05, 4.69) is 9.97 Å². The van der Waals surface area contributed by atoms with E-state index < -0.39 is 7.12 Å². The van der Waals surface area contributed by atoms with Crippen molar-refractivity contribution in [2.45, 2.75) is 6.42 Å². The summed E-state index contributed by atoms with van der Waals surface area (Å²) in [7, 11) is -1.53. The summed E-state index contributed by atoms with van der Waals surface area (Å²) in [5, 5.41) is 18.5. The molecule has 2 rings (SSSR count). The van der Waals surface area contributed by atoms with Gasteiger partial charge in [-0.2, -0.15) is 0 Å². The van der Waals surface area contributed by atoms with Crippen molar-refractivity contribution >= 4 is 24.2 Å². The standard InChI is InChI=1S/C11H10BClN2O2/c13-10-3-1-2-8(4-10)5-11-14-6-9(7-15-11)12(16)17/h1-4,6-7,16-17H,5H2. The van der Waals surface area contributed by atoms with Crippen LogP contribution < -0.4 is 5.46 Å². The van der Waals surface area contributed by atoms with Crippen molar-refractivity contribution in [1.29, 1.82) is 0 Å². The van der Waals surface area contributed by atoms with Crippen molar-refractivity contribution in [2.75, 3.05) is 0 Å². The molecular weight excluding hydrogens is 238 g/mol. The number of hydrogen-bond donors (Lipinski definition) is 2. The zero-order chi connectivity index (χ0) is 12.3. The topological polar surface area (TPSA) is 66.2 Å². The van der Waals surface area contributed by atoms with Crippen LogP contribution in [0.1, 0.15) is 11.4 Å². The molecule has 4 nitrogen and oxygen atoms in total. The molecule has 0 aliphatic heterocycles. The number of hydrogen-bond acceptors (Lipinski definition) is 4. The number of benzene rings is 1. The van der Waals surface area contributed by atoms with Gasteiger partial charge in [0.2, 0.25) is 0 Å². The highest BCUT2D eigenvalue weighted by molar-refractivity contribution is 6.58. The summed E-state index contributed by atoms with van der Waals surface area (Å²) in [5.74, 6) is 0.608. The lowest BCUT2D eigenvalue weighted by Gasteiger charge is -2.02. The second-order valence-corrected chi connectivity index (χ2v) is 4.05. The van der Waals surface area contributed by atoms with Crippen LogP contribution in [0, 0.1) is 0 Å². The molecule has 0 spiro atoms. The average Bonchev–Trinajstić information content (AvgIpc) is 2.29. The Bertz CT molecular complexity index is 505. The molecule has 0 atom stereocenters. The van der Waals surface area contributed by atoms with Gasteiger partial charge in [-0.25, -0.2) is 9.97 Å². The molecule has 1 heterocycles. The van der Waals surface area contributed by atoms with E-state index in [9.17, 15) is 0 Å². The quantitative estimate of drug-likeness (QED) is 0.772. The van der Waals surface area contributed by atoms with E-state index in [1.165, 1.54) is 12.4 Å². The van der Waals surface area contributed by atoms with E-state index in [1.807, 2.05) is 18.2 Å². The van der Waals surface area contributed by atoms with Gasteiger partial charge in [-0.1, -0.05) is 23.7 Å². The lowest BCUT2D eigenvalue weighted by atomic mass is 9.83. The molecule has 86 valence electrons. The second kappa shape index (κ2) is 5.27. The van der Waals surface area contributed by atoms with Gasteiger partial charge >= 0.3 is 7.12 Å². The Balaban J connectivity index is 2.14. The molecule has 1 aromatic carbocycles. The first-order valence-corrected chi connectivity index (χ1v) is 5.44. The molecule has 0 saturated carbocycles. The van der Waals surface area contributed by atoms with Gasteiger partial charge in [0.05, 0.1) is 0 Å². The van der Waals surface area contributed by atoms with Gasteiger partial charge in [-0.05, 0) is 17.7 Å². The fraction of sp³-hybridized carbons (Fsp3) is 0.0909. The van der Waals surface area contributed by atoms with Gasteiger partial charge in [-0.3, -0.25) is 0 Å². The Labute approximate surface area is 104 Å². The maximum absolute atomic E-state index is 8.90. The SMILES string of the molecule is OB(O)c1cnc(Cc2cccc(Cl)c2)nc1. The van der Waals surface area contributed by atoms with Gasteiger partial charge in [0.1, 0.15) is 5.82 Å². The molecule has 6 heteroatoms. The minimum Gasteiger partial charge on any atom is -0.423 e. The molecule has 0 aliphatic carbocycles. The highest BCUT2D eigenvalue weighted by Gasteiger charge is 2.11. The normalized spacial score (nSPS) is 10.3. The maximum Gasteiger partial charge on any atom is 0.491 e. The van der Waals surface area contributed by atoms with E-state index in [0.717, 1.165) is 5.56 Å². The Morgan fingerprint density at radius 3 is 2.47 bits per heavy atom. The van der Waals surface area contributed by atoms with Crippen LogP contribution in [0.2, 0.25) is 5.02 Å². The summed E-state index contributed by atoms with van der Waals surface area (Å²) in [5.41, 5.74) is 1.29. The van der Waals surface area contributed by atoms with Crippen LogP contribution >= 0.6 is 11.6 Å². The lowest BCUT2D eigenvalue weighted by Crippen LogP contribution is -2.30. The van der Waals surface area contributed by atoms with Gasteiger partial charge in [0.15, 0.2) is 0 Å². The van der Waals surface area contributed by atoms with Crippen molar-refractivity contribution in [1.82, 2.24) is 9.97 Å². The van der Waals surface area contributed by atoms with Gasteiger partial charge in [0.25, 0.3) is 0 Å². The Morgan fingerprint density at radius 2 is 1.88 bits per heavy atom. The summed E-state index contributed by atoms with van der Waals surface area (Å²) >= 11 is 5.87. The smallest absolute Gasteiger partial charge is 0.423 e. The van der Waals surface area contributed by atoms with Crippen LogP contribution in [0.3, 0.4) is 0 Å². The first-order valence-electron chi connectivity index (χ1n) is 5.06. The third-order valence-electron chi connectivity index (χ3n) is 2.27. The van der Waals surface area contributed by atoms with E-state index in [4.69, 9.17) is 21.6 Å².